The van der Waals surface area contributed by atoms with Gasteiger partial charge in [0.25, 0.3) is 5.91 Å². The molecule has 0 saturated carbocycles. The number of thiazole rings is 1. The number of rotatable bonds is 5. The number of carbonyl (C=O) groups excluding carboxylic acids is 2. The van der Waals surface area contributed by atoms with Gasteiger partial charge in [-0.1, -0.05) is 48.0 Å². The molecule has 1 amide bonds. The van der Waals surface area contributed by atoms with Gasteiger partial charge >= 0.3 is 0 Å². The van der Waals surface area contributed by atoms with Crippen LogP contribution in [-0.4, -0.2) is 21.8 Å². The molecule has 3 heterocycles. The number of ketones is 1. The van der Waals surface area contributed by atoms with Crippen LogP contribution in [0, 0.1) is 6.92 Å². The highest BCUT2D eigenvalue weighted by Crippen LogP contribution is 2.44. The fourth-order valence-corrected chi connectivity index (χ4v) is 5.83. The summed E-state index contributed by atoms with van der Waals surface area (Å²) in [6.45, 7) is 1.77. The van der Waals surface area contributed by atoms with E-state index in [4.69, 9.17) is 11.6 Å². The topological polar surface area (TPSA) is 70.5 Å². The number of aliphatic hydroxyl groups is 1. The minimum Gasteiger partial charge on any atom is -0.503 e. The molecule has 1 aliphatic rings. The normalized spacial score (nSPS) is 16.0. The molecule has 0 radical (unpaired) electrons. The van der Waals surface area contributed by atoms with Gasteiger partial charge < -0.3 is 5.11 Å². The number of hydrogen-bond donors (Lipinski definition) is 1. The summed E-state index contributed by atoms with van der Waals surface area (Å²) in [5.41, 5.74) is 2.07. The van der Waals surface area contributed by atoms with Crippen molar-refractivity contribution in [2.45, 2.75) is 13.0 Å². The van der Waals surface area contributed by atoms with E-state index in [1.165, 1.54) is 27.6 Å². The maximum atomic E-state index is 13.8. The van der Waals surface area contributed by atoms with Crippen LogP contribution >= 0.6 is 34.3 Å². The summed E-state index contributed by atoms with van der Waals surface area (Å²) in [7, 11) is 0. The molecule has 0 spiro atoms. The first-order valence-corrected chi connectivity index (χ1v) is 12.2. The summed E-state index contributed by atoms with van der Waals surface area (Å²) in [6, 6.07) is 19.3. The predicted octanol–water partition coefficient (Wildman–Crippen LogP) is 6.62. The summed E-state index contributed by atoms with van der Waals surface area (Å²) < 4.78 is 0. The summed E-state index contributed by atoms with van der Waals surface area (Å²) in [4.78, 5) is 34.1. The smallest absolute Gasteiger partial charge is 0.294 e. The van der Waals surface area contributed by atoms with E-state index in [1.807, 2.05) is 47.8 Å². The molecule has 33 heavy (non-hydrogen) atoms. The second-order valence-corrected chi connectivity index (χ2v) is 9.88. The van der Waals surface area contributed by atoms with Crippen molar-refractivity contribution in [1.82, 2.24) is 4.98 Å². The van der Waals surface area contributed by atoms with E-state index in [0.29, 0.717) is 26.3 Å². The van der Waals surface area contributed by atoms with Crippen molar-refractivity contribution in [2.75, 3.05) is 4.90 Å². The monoisotopic (exact) mass is 492 g/mol. The van der Waals surface area contributed by atoms with Crippen LogP contribution in [0.25, 0.3) is 10.6 Å². The first-order valence-electron chi connectivity index (χ1n) is 10.1. The summed E-state index contributed by atoms with van der Waals surface area (Å²) in [5.74, 6) is -1.56. The van der Waals surface area contributed by atoms with Gasteiger partial charge in [0.1, 0.15) is 11.0 Å². The van der Waals surface area contributed by atoms with Gasteiger partial charge in [-0.25, -0.2) is 4.98 Å². The maximum absolute atomic E-state index is 13.8. The zero-order chi connectivity index (χ0) is 23.1. The number of amides is 1. The first kappa shape index (κ1) is 21.6. The van der Waals surface area contributed by atoms with E-state index >= 15 is 0 Å². The van der Waals surface area contributed by atoms with E-state index < -0.39 is 23.5 Å². The Hall–Kier alpha value is -3.26. The zero-order valence-corrected chi connectivity index (χ0v) is 19.7. The van der Waals surface area contributed by atoms with E-state index in [0.717, 1.165) is 10.4 Å². The van der Waals surface area contributed by atoms with Crippen molar-refractivity contribution in [1.29, 1.82) is 0 Å². The Bertz CT molecular complexity index is 1380. The molecule has 8 heteroatoms. The Morgan fingerprint density at radius 2 is 1.79 bits per heavy atom. The van der Waals surface area contributed by atoms with Crippen molar-refractivity contribution < 1.29 is 14.7 Å². The number of anilines is 1. The van der Waals surface area contributed by atoms with Crippen molar-refractivity contribution in [3.63, 3.8) is 0 Å². The Labute approximate surface area is 203 Å². The highest BCUT2D eigenvalue weighted by molar-refractivity contribution is 7.17. The van der Waals surface area contributed by atoms with Gasteiger partial charge in [-0.3, -0.25) is 14.5 Å². The van der Waals surface area contributed by atoms with Crippen molar-refractivity contribution in [3.05, 3.63) is 104 Å². The van der Waals surface area contributed by atoms with Crippen molar-refractivity contribution >= 4 is 51.7 Å². The van der Waals surface area contributed by atoms with Gasteiger partial charge in [0.2, 0.25) is 5.78 Å². The SMILES string of the molecule is Cc1nc(-c2ccccc2)sc1C(=O)C1=C(O)C(=O)N(c2ccc(Cl)cc2)C1c1cccs1. The molecule has 2 aromatic heterocycles. The van der Waals surface area contributed by atoms with Gasteiger partial charge in [0.15, 0.2) is 5.76 Å². The lowest BCUT2D eigenvalue weighted by Crippen LogP contribution is -2.30. The van der Waals surface area contributed by atoms with E-state index in [9.17, 15) is 14.7 Å². The van der Waals surface area contributed by atoms with Gasteiger partial charge in [-0.15, -0.1) is 22.7 Å². The average Bonchev–Trinajstić information content (AvgIpc) is 3.54. The molecule has 4 aromatic rings. The number of aromatic nitrogens is 1. The van der Waals surface area contributed by atoms with Crippen LogP contribution in [0.5, 0.6) is 0 Å². The molecule has 164 valence electrons. The number of benzene rings is 2. The van der Waals surface area contributed by atoms with Crippen molar-refractivity contribution in [3.8, 4) is 10.6 Å². The predicted molar refractivity (Wildman–Crippen MR) is 132 cm³/mol. The Kier molecular flexibility index (Phi) is 5.62. The van der Waals surface area contributed by atoms with Crippen LogP contribution in [0.1, 0.15) is 26.3 Å². The van der Waals surface area contributed by atoms with E-state index in [1.54, 1.807) is 31.2 Å². The lowest BCUT2D eigenvalue weighted by atomic mass is 10.00. The quantitative estimate of drug-likeness (QED) is 0.318. The molecule has 1 aliphatic heterocycles. The molecule has 0 aliphatic carbocycles. The fraction of sp³-hybridized carbons (Fsp3) is 0.0800. The number of aryl methyl sites for hydroxylation is 1. The number of halogens is 1. The molecule has 5 rings (SSSR count). The Morgan fingerprint density at radius 3 is 2.45 bits per heavy atom. The second-order valence-electron chi connectivity index (χ2n) is 7.46. The lowest BCUT2D eigenvalue weighted by molar-refractivity contribution is -0.117. The maximum Gasteiger partial charge on any atom is 0.294 e. The zero-order valence-electron chi connectivity index (χ0n) is 17.4. The average molecular weight is 493 g/mol. The van der Waals surface area contributed by atoms with Crippen molar-refractivity contribution in [2.24, 2.45) is 0 Å². The number of Topliss-reactive ketones (excluding diaryl/α,β-unsaturated/α-hetero) is 1. The van der Waals surface area contributed by atoms with E-state index in [-0.39, 0.29) is 5.57 Å². The Morgan fingerprint density at radius 1 is 1.06 bits per heavy atom. The molecule has 2 aromatic carbocycles. The molecule has 5 nitrogen and oxygen atoms in total. The summed E-state index contributed by atoms with van der Waals surface area (Å²) in [6.07, 6.45) is 0. The number of nitrogens with zero attached hydrogens (tertiary/aromatic N) is 2. The minimum atomic E-state index is -0.743. The molecule has 0 fully saturated rings. The number of carbonyl (C=O) groups is 2. The lowest BCUT2D eigenvalue weighted by Gasteiger charge is -2.25. The molecule has 0 bridgehead atoms. The van der Waals surface area contributed by atoms with Crippen LogP contribution < -0.4 is 4.90 Å². The molecule has 1 N–H and O–H groups in total. The van der Waals surface area contributed by atoms with Crippen LogP contribution in [0.3, 0.4) is 0 Å². The number of aliphatic hydroxyl groups excluding tert-OH is 1. The highest BCUT2D eigenvalue weighted by Gasteiger charge is 2.45. The summed E-state index contributed by atoms with van der Waals surface area (Å²) in [5, 5.41) is 14.0. The fourth-order valence-electron chi connectivity index (χ4n) is 3.85. The second kappa shape index (κ2) is 8.59. The molecular formula is C25H17ClN2O3S2. The largest absolute Gasteiger partial charge is 0.503 e. The molecule has 1 unspecified atom stereocenters. The third-order valence-electron chi connectivity index (χ3n) is 5.39. The highest BCUT2D eigenvalue weighted by atomic mass is 35.5. The summed E-state index contributed by atoms with van der Waals surface area (Å²) >= 11 is 8.71. The van der Waals surface area contributed by atoms with Gasteiger partial charge in [0.05, 0.1) is 16.1 Å². The van der Waals surface area contributed by atoms with Crippen LogP contribution in [-0.2, 0) is 4.79 Å². The van der Waals surface area contributed by atoms with Crippen LogP contribution in [0.2, 0.25) is 5.02 Å². The van der Waals surface area contributed by atoms with Crippen LogP contribution in [0.4, 0.5) is 5.69 Å². The van der Waals surface area contributed by atoms with Gasteiger partial charge in [0, 0.05) is 21.2 Å². The third-order valence-corrected chi connectivity index (χ3v) is 7.78. The number of hydrogen-bond acceptors (Lipinski definition) is 6. The van der Waals surface area contributed by atoms with Gasteiger partial charge in [-0.05, 0) is 42.6 Å². The van der Waals surface area contributed by atoms with E-state index in [2.05, 4.69) is 4.98 Å². The molecule has 1 atom stereocenters. The minimum absolute atomic E-state index is 0.0590. The first-order chi connectivity index (χ1) is 16.0. The standard InChI is InChI=1S/C25H17ClN2O3S2/c1-14-23(33-24(27-14)15-6-3-2-4-7-15)21(29)19-20(18-8-5-13-32-18)28(25(31)22(19)30)17-11-9-16(26)10-12-17/h2-13,20,30H,1H3. The number of thiophene rings is 1. The molecular weight excluding hydrogens is 476 g/mol. The third kappa shape index (κ3) is 3.78. The Balaban J connectivity index is 1.60. The van der Waals surface area contributed by atoms with Crippen LogP contribution in [0.15, 0.2) is 83.4 Å². The molecule has 0 saturated heterocycles. The van der Waals surface area contributed by atoms with Gasteiger partial charge in [-0.2, -0.15) is 0 Å².